The minimum Gasteiger partial charge on any atom is -0.461 e. The predicted octanol–water partition coefficient (Wildman–Crippen LogP) is 1.06. The first kappa shape index (κ1) is 31.5. The highest BCUT2D eigenvalue weighted by Crippen LogP contribution is 2.08. The molecule has 0 aliphatic rings. The molecule has 0 amide bonds. The first-order valence-corrected chi connectivity index (χ1v) is 10.4. The van der Waals surface area contributed by atoms with Crippen LogP contribution in [0.1, 0.15) is 12.8 Å². The average molecular weight is 508 g/mol. The van der Waals surface area contributed by atoms with Crippen molar-refractivity contribution in [3.8, 4) is 0 Å². The second-order valence-corrected chi connectivity index (χ2v) is 6.37. The second-order valence-electron chi connectivity index (χ2n) is 6.37. The van der Waals surface area contributed by atoms with Crippen molar-refractivity contribution in [1.82, 2.24) is 0 Å². The molecule has 0 aliphatic heterocycles. The lowest BCUT2D eigenvalue weighted by molar-refractivity contribution is -0.169. The molecule has 2 unspecified atom stereocenters. The normalized spacial score (nSPS) is 11.7. The van der Waals surface area contributed by atoms with E-state index in [1.807, 2.05) is 0 Å². The van der Waals surface area contributed by atoms with Crippen LogP contribution >= 0.6 is 0 Å². The summed E-state index contributed by atoms with van der Waals surface area (Å²) in [6.45, 7) is 12.8. The van der Waals surface area contributed by atoms with Gasteiger partial charge in [0.25, 0.3) is 0 Å². The van der Waals surface area contributed by atoms with E-state index in [1.165, 1.54) is 24.3 Å². The summed E-state index contributed by atoms with van der Waals surface area (Å²) >= 11 is 0. The Morgan fingerprint density at radius 2 is 0.833 bits per heavy atom. The van der Waals surface area contributed by atoms with E-state index in [2.05, 4.69) is 26.3 Å². The minimum absolute atomic E-state index is 0.134. The van der Waals surface area contributed by atoms with Crippen LogP contribution in [0.15, 0.2) is 62.8 Å². The molecule has 0 spiro atoms. The molecule has 0 N–H and O–H groups in total. The van der Waals surface area contributed by atoms with Gasteiger partial charge in [-0.1, -0.05) is 50.6 Å². The topological polar surface area (TPSA) is 158 Å². The molecule has 0 aromatic heterocycles. The summed E-state index contributed by atoms with van der Waals surface area (Å²) in [5.74, 6) is -6.32. The van der Waals surface area contributed by atoms with Crippen LogP contribution in [0.4, 0.5) is 0 Å². The van der Waals surface area contributed by atoms with E-state index >= 15 is 0 Å². The Bertz CT molecular complexity index is 800. The summed E-state index contributed by atoms with van der Waals surface area (Å²) in [5, 5.41) is 0. The lowest BCUT2D eigenvalue weighted by Gasteiger charge is -2.15. The van der Waals surface area contributed by atoms with Crippen LogP contribution in [0, 0.1) is 0 Å². The van der Waals surface area contributed by atoms with Crippen molar-refractivity contribution in [2.75, 3.05) is 26.4 Å². The molecule has 0 bridgehead atoms. The highest BCUT2D eigenvalue weighted by atomic mass is 16.6. The molecule has 0 aromatic rings. The predicted molar refractivity (Wildman–Crippen MR) is 123 cm³/mol. The molecule has 0 heterocycles. The monoisotopic (exact) mass is 508 g/mol. The molecule has 36 heavy (non-hydrogen) atoms. The van der Waals surface area contributed by atoms with Gasteiger partial charge in [-0.25, -0.2) is 19.2 Å². The third-order valence-electron chi connectivity index (χ3n) is 3.51. The summed E-state index contributed by atoms with van der Waals surface area (Å²) in [6, 6.07) is 0. The van der Waals surface area contributed by atoms with Gasteiger partial charge in [0.1, 0.15) is 26.4 Å². The Morgan fingerprint density at radius 3 is 1.14 bits per heavy atom. The molecule has 2 atom stereocenters. The van der Waals surface area contributed by atoms with Gasteiger partial charge in [0.2, 0.25) is 12.2 Å². The SMILES string of the molecule is C=CCOC(=O)CC(OC(=O)/C=C/C(=O)OC(CC(=O)OCC=C)C(=O)OCC=C)C(=O)OCC=C. The van der Waals surface area contributed by atoms with Gasteiger partial charge in [0.05, 0.1) is 12.8 Å². The van der Waals surface area contributed by atoms with Crippen LogP contribution in [0.2, 0.25) is 0 Å². The van der Waals surface area contributed by atoms with Crippen LogP contribution in [0.25, 0.3) is 0 Å². The van der Waals surface area contributed by atoms with E-state index in [0.29, 0.717) is 12.2 Å². The van der Waals surface area contributed by atoms with Crippen LogP contribution in [-0.2, 0) is 57.2 Å². The third kappa shape index (κ3) is 14.6. The summed E-state index contributed by atoms with van der Waals surface area (Å²) < 4.78 is 28.8. The zero-order chi connectivity index (χ0) is 27.3. The average Bonchev–Trinajstić information content (AvgIpc) is 2.85. The fraction of sp³-hybridized carbons (Fsp3) is 0.333. The Labute approximate surface area is 207 Å². The lowest BCUT2D eigenvalue weighted by Crippen LogP contribution is -2.32. The largest absolute Gasteiger partial charge is 0.461 e. The van der Waals surface area contributed by atoms with E-state index in [4.69, 9.17) is 28.4 Å². The highest BCUT2D eigenvalue weighted by Gasteiger charge is 2.29. The Hall–Kier alpha value is -4.48. The molecular formula is C24H28O12. The first-order valence-electron chi connectivity index (χ1n) is 10.4. The van der Waals surface area contributed by atoms with E-state index < -0.39 is 60.9 Å². The maximum atomic E-state index is 12.1. The van der Waals surface area contributed by atoms with Crippen molar-refractivity contribution in [1.29, 1.82) is 0 Å². The van der Waals surface area contributed by atoms with Crippen molar-refractivity contribution in [2.45, 2.75) is 25.0 Å². The standard InChI is InChI=1S/C24H28O12/c1-5-11-31-21(27)15-17(23(29)33-13-7-3)35-19(25)9-10-20(26)36-18(24(30)34-14-8-4)16-22(28)32-12-6-2/h5-10,17-18H,1-4,11-16H2/b10-9+. The van der Waals surface area contributed by atoms with Gasteiger partial charge in [-0.05, 0) is 0 Å². The molecule has 0 aromatic carbocycles. The van der Waals surface area contributed by atoms with Gasteiger partial charge in [-0.2, -0.15) is 0 Å². The molecule has 196 valence electrons. The molecular weight excluding hydrogens is 480 g/mol. The molecule has 0 rings (SSSR count). The fourth-order valence-corrected chi connectivity index (χ4v) is 2.03. The van der Waals surface area contributed by atoms with E-state index in [-0.39, 0.29) is 26.4 Å². The maximum absolute atomic E-state index is 12.1. The lowest BCUT2D eigenvalue weighted by atomic mass is 10.2. The summed E-state index contributed by atoms with van der Waals surface area (Å²) in [4.78, 5) is 71.9. The molecule has 0 saturated heterocycles. The number of hydrogen-bond donors (Lipinski definition) is 0. The number of rotatable bonds is 18. The van der Waals surface area contributed by atoms with Crippen LogP contribution in [0.5, 0.6) is 0 Å². The van der Waals surface area contributed by atoms with E-state index in [9.17, 15) is 28.8 Å². The molecule has 0 radical (unpaired) electrons. The number of esters is 6. The van der Waals surface area contributed by atoms with E-state index in [1.54, 1.807) is 0 Å². The summed E-state index contributed by atoms with van der Waals surface area (Å²) in [6.07, 6.45) is 1.55. The third-order valence-corrected chi connectivity index (χ3v) is 3.51. The van der Waals surface area contributed by atoms with Gasteiger partial charge < -0.3 is 28.4 Å². The van der Waals surface area contributed by atoms with Crippen molar-refractivity contribution < 1.29 is 57.2 Å². The number of ether oxygens (including phenoxy) is 6. The smallest absolute Gasteiger partial charge is 0.348 e. The summed E-state index contributed by atoms with van der Waals surface area (Å²) in [7, 11) is 0. The van der Waals surface area contributed by atoms with Crippen LogP contribution in [0.3, 0.4) is 0 Å². The number of carbonyl (C=O) groups is 6. The van der Waals surface area contributed by atoms with Crippen LogP contribution < -0.4 is 0 Å². The Kier molecular flexibility index (Phi) is 16.5. The molecule has 0 saturated carbocycles. The van der Waals surface area contributed by atoms with Gasteiger partial charge in [-0.15, -0.1) is 0 Å². The zero-order valence-corrected chi connectivity index (χ0v) is 19.6. The molecule has 0 aliphatic carbocycles. The quantitative estimate of drug-likeness (QED) is 0.112. The first-order chi connectivity index (χ1) is 17.2. The highest BCUT2D eigenvalue weighted by molar-refractivity contribution is 5.94. The molecule has 0 fully saturated rings. The van der Waals surface area contributed by atoms with Gasteiger partial charge in [0, 0.05) is 12.2 Å². The Morgan fingerprint density at radius 1 is 0.528 bits per heavy atom. The number of carbonyl (C=O) groups excluding carboxylic acids is 6. The van der Waals surface area contributed by atoms with Crippen molar-refractivity contribution >= 4 is 35.8 Å². The minimum atomic E-state index is -1.68. The molecule has 12 heteroatoms. The van der Waals surface area contributed by atoms with Gasteiger partial charge >= 0.3 is 35.8 Å². The zero-order valence-electron chi connectivity index (χ0n) is 19.6. The summed E-state index contributed by atoms with van der Waals surface area (Å²) in [5.41, 5.74) is 0. The number of hydrogen-bond acceptors (Lipinski definition) is 12. The fourth-order valence-electron chi connectivity index (χ4n) is 2.03. The van der Waals surface area contributed by atoms with Gasteiger partial charge in [-0.3, -0.25) is 9.59 Å². The maximum Gasteiger partial charge on any atom is 0.348 e. The van der Waals surface area contributed by atoms with E-state index in [0.717, 1.165) is 0 Å². The van der Waals surface area contributed by atoms with Crippen molar-refractivity contribution in [2.24, 2.45) is 0 Å². The van der Waals surface area contributed by atoms with Gasteiger partial charge in [0.15, 0.2) is 0 Å². The van der Waals surface area contributed by atoms with Crippen molar-refractivity contribution in [3.05, 3.63) is 62.8 Å². The van der Waals surface area contributed by atoms with Crippen LogP contribution in [-0.4, -0.2) is 74.5 Å². The molecule has 12 nitrogen and oxygen atoms in total. The Balaban J connectivity index is 5.23. The van der Waals surface area contributed by atoms with Crippen molar-refractivity contribution in [3.63, 3.8) is 0 Å². The second kappa shape index (κ2) is 18.9.